The Hall–Kier alpha value is -2.78. The molecule has 3 aromatic carbocycles. The number of carbonyl (C=O) groups is 2. The topological polar surface area (TPSA) is 86.8 Å². The second-order valence-corrected chi connectivity index (χ2v) is 13.1. The number of amides is 2. The minimum Gasteiger partial charge on any atom is -0.352 e. The third kappa shape index (κ3) is 8.85. The molecule has 220 valence electrons. The van der Waals surface area contributed by atoms with E-state index in [-0.39, 0.29) is 30.6 Å². The van der Waals surface area contributed by atoms with E-state index < -0.39 is 28.5 Å². The SMILES string of the molecule is CC[C@H](C)NC(=O)[C@H](Cc1ccccc1)N(Cc1ccc(Cl)c(Cl)c1)C(=O)CN(c1cccc(Cl)c1C)S(C)(=O)=O. The van der Waals surface area contributed by atoms with Gasteiger partial charge in [-0.25, -0.2) is 8.42 Å². The van der Waals surface area contributed by atoms with Crippen LogP contribution in [0.25, 0.3) is 0 Å². The molecule has 0 heterocycles. The first-order chi connectivity index (χ1) is 19.3. The smallest absolute Gasteiger partial charge is 0.244 e. The summed E-state index contributed by atoms with van der Waals surface area (Å²) < 4.78 is 27.0. The number of halogens is 3. The van der Waals surface area contributed by atoms with Crippen LogP contribution in [0.5, 0.6) is 0 Å². The average molecular weight is 639 g/mol. The first-order valence-electron chi connectivity index (χ1n) is 13.1. The number of hydrogen-bond donors (Lipinski definition) is 1. The molecule has 3 aromatic rings. The maximum atomic E-state index is 14.2. The summed E-state index contributed by atoms with van der Waals surface area (Å²) in [6.45, 7) is 4.98. The van der Waals surface area contributed by atoms with Gasteiger partial charge in [0.25, 0.3) is 0 Å². The van der Waals surface area contributed by atoms with E-state index in [4.69, 9.17) is 34.8 Å². The molecule has 0 saturated carbocycles. The molecule has 0 aliphatic rings. The molecule has 11 heteroatoms. The van der Waals surface area contributed by atoms with Gasteiger partial charge < -0.3 is 10.2 Å². The molecule has 0 bridgehead atoms. The zero-order valence-corrected chi connectivity index (χ0v) is 26.5. The Morgan fingerprint density at radius 1 is 0.902 bits per heavy atom. The Labute approximate surface area is 257 Å². The standard InChI is InChI=1S/C30H34Cl3N3O4S/c1-5-20(2)34-30(38)28(17-22-10-7-6-8-11-22)35(18-23-14-15-25(32)26(33)16-23)29(37)19-36(41(4,39)40)27-13-9-12-24(31)21(27)3/h6-16,20,28H,5,17-19H2,1-4H3,(H,34,38)/t20-,28-/m0/s1. The van der Waals surface area contributed by atoms with E-state index in [9.17, 15) is 18.0 Å². The molecule has 0 saturated heterocycles. The summed E-state index contributed by atoms with van der Waals surface area (Å²) >= 11 is 18.7. The molecule has 2 atom stereocenters. The molecule has 0 unspecified atom stereocenters. The van der Waals surface area contributed by atoms with Crippen molar-refractivity contribution < 1.29 is 18.0 Å². The molecule has 0 aromatic heterocycles. The predicted molar refractivity (Wildman–Crippen MR) is 167 cm³/mol. The maximum Gasteiger partial charge on any atom is 0.244 e. The molecule has 2 amide bonds. The first-order valence-corrected chi connectivity index (χ1v) is 16.1. The number of benzene rings is 3. The zero-order valence-electron chi connectivity index (χ0n) is 23.4. The van der Waals surface area contributed by atoms with Crippen molar-refractivity contribution in [2.45, 2.75) is 52.2 Å². The Morgan fingerprint density at radius 3 is 2.20 bits per heavy atom. The molecule has 0 radical (unpaired) electrons. The number of hydrogen-bond acceptors (Lipinski definition) is 4. The van der Waals surface area contributed by atoms with Crippen LogP contribution >= 0.6 is 34.8 Å². The highest BCUT2D eigenvalue weighted by atomic mass is 35.5. The lowest BCUT2D eigenvalue weighted by Crippen LogP contribution is -2.54. The summed E-state index contributed by atoms with van der Waals surface area (Å²) in [5.74, 6) is -0.914. The molecular weight excluding hydrogens is 605 g/mol. The second-order valence-electron chi connectivity index (χ2n) is 9.95. The summed E-state index contributed by atoms with van der Waals surface area (Å²) in [6.07, 6.45) is 1.94. The molecule has 0 aliphatic heterocycles. The van der Waals surface area contributed by atoms with E-state index in [1.807, 2.05) is 44.2 Å². The van der Waals surface area contributed by atoms with E-state index in [0.717, 1.165) is 16.1 Å². The third-order valence-electron chi connectivity index (χ3n) is 6.80. The number of sulfonamides is 1. The quantitative estimate of drug-likeness (QED) is 0.253. The Balaban J connectivity index is 2.11. The summed E-state index contributed by atoms with van der Waals surface area (Å²) in [7, 11) is -3.91. The summed E-state index contributed by atoms with van der Waals surface area (Å²) in [5.41, 5.74) is 2.27. The number of anilines is 1. The number of nitrogens with one attached hydrogen (secondary N) is 1. The van der Waals surface area contributed by atoms with Crippen LogP contribution in [0.15, 0.2) is 66.7 Å². The van der Waals surface area contributed by atoms with Gasteiger partial charge in [-0.2, -0.15) is 0 Å². The van der Waals surface area contributed by atoms with E-state index in [0.29, 0.717) is 32.6 Å². The average Bonchev–Trinajstić information content (AvgIpc) is 2.92. The molecule has 0 spiro atoms. The van der Waals surface area contributed by atoms with Crippen LogP contribution in [0.4, 0.5) is 5.69 Å². The van der Waals surface area contributed by atoms with Crippen molar-refractivity contribution in [1.29, 1.82) is 0 Å². The van der Waals surface area contributed by atoms with Crippen LogP contribution in [0.3, 0.4) is 0 Å². The van der Waals surface area contributed by atoms with Gasteiger partial charge in [0.05, 0.1) is 22.0 Å². The predicted octanol–water partition coefficient (Wildman–Crippen LogP) is 6.28. The summed E-state index contributed by atoms with van der Waals surface area (Å²) in [5, 5.41) is 4.01. The summed E-state index contributed by atoms with van der Waals surface area (Å²) in [4.78, 5) is 29.3. The van der Waals surface area contributed by atoms with Crippen molar-refractivity contribution in [3.05, 3.63) is 98.5 Å². The fraction of sp³-hybridized carbons (Fsp3) is 0.333. The number of carbonyl (C=O) groups excluding carboxylic acids is 2. The number of nitrogens with zero attached hydrogens (tertiary/aromatic N) is 2. The minimum atomic E-state index is -3.91. The highest BCUT2D eigenvalue weighted by molar-refractivity contribution is 7.92. The summed E-state index contributed by atoms with van der Waals surface area (Å²) in [6, 6.07) is 18.1. The van der Waals surface area contributed by atoms with Crippen molar-refractivity contribution in [2.75, 3.05) is 17.1 Å². The lowest BCUT2D eigenvalue weighted by Gasteiger charge is -2.34. The largest absolute Gasteiger partial charge is 0.352 e. The van der Waals surface area contributed by atoms with Gasteiger partial charge in [0.15, 0.2) is 0 Å². The van der Waals surface area contributed by atoms with Crippen LogP contribution in [0.1, 0.15) is 37.0 Å². The Bertz CT molecular complexity index is 1490. The van der Waals surface area contributed by atoms with Gasteiger partial charge in [-0.05, 0) is 61.2 Å². The van der Waals surface area contributed by atoms with E-state index in [1.165, 1.54) is 4.90 Å². The lowest BCUT2D eigenvalue weighted by atomic mass is 10.0. The van der Waals surface area contributed by atoms with E-state index >= 15 is 0 Å². The minimum absolute atomic E-state index is 0.00667. The third-order valence-corrected chi connectivity index (χ3v) is 9.07. The van der Waals surface area contributed by atoms with Gasteiger partial charge in [0, 0.05) is 24.0 Å². The molecule has 0 fully saturated rings. The van der Waals surface area contributed by atoms with Gasteiger partial charge in [-0.3, -0.25) is 13.9 Å². The Morgan fingerprint density at radius 2 is 1.59 bits per heavy atom. The van der Waals surface area contributed by atoms with E-state index in [1.54, 1.807) is 43.3 Å². The lowest BCUT2D eigenvalue weighted by molar-refractivity contribution is -0.140. The molecule has 3 rings (SSSR count). The maximum absolute atomic E-state index is 14.2. The van der Waals surface area contributed by atoms with Gasteiger partial charge >= 0.3 is 0 Å². The van der Waals surface area contributed by atoms with Crippen molar-refractivity contribution >= 4 is 62.3 Å². The van der Waals surface area contributed by atoms with Crippen molar-refractivity contribution in [3.8, 4) is 0 Å². The van der Waals surface area contributed by atoms with Crippen molar-refractivity contribution in [1.82, 2.24) is 10.2 Å². The highest BCUT2D eigenvalue weighted by Gasteiger charge is 2.34. The van der Waals surface area contributed by atoms with E-state index in [2.05, 4.69) is 5.32 Å². The monoisotopic (exact) mass is 637 g/mol. The fourth-order valence-corrected chi connectivity index (χ4v) is 5.68. The normalized spacial score (nSPS) is 12.9. The van der Waals surface area contributed by atoms with Gasteiger partial charge in [-0.1, -0.05) is 84.2 Å². The molecule has 0 aliphatic carbocycles. The Kier molecular flexibility index (Phi) is 11.5. The zero-order chi connectivity index (χ0) is 30.3. The van der Waals surface area contributed by atoms with Crippen molar-refractivity contribution in [2.24, 2.45) is 0 Å². The molecule has 1 N–H and O–H groups in total. The fourth-order valence-electron chi connectivity index (χ4n) is 4.29. The van der Waals surface area contributed by atoms with Crippen LogP contribution in [0, 0.1) is 6.92 Å². The highest BCUT2D eigenvalue weighted by Crippen LogP contribution is 2.29. The van der Waals surface area contributed by atoms with Gasteiger partial charge in [-0.15, -0.1) is 0 Å². The van der Waals surface area contributed by atoms with Crippen LogP contribution in [0.2, 0.25) is 15.1 Å². The first kappa shape index (κ1) is 32.7. The number of rotatable bonds is 12. The van der Waals surface area contributed by atoms with Gasteiger partial charge in [0.1, 0.15) is 12.6 Å². The molecule has 7 nitrogen and oxygen atoms in total. The van der Waals surface area contributed by atoms with Gasteiger partial charge in [0.2, 0.25) is 21.8 Å². The second kappa shape index (κ2) is 14.4. The molecule has 41 heavy (non-hydrogen) atoms. The van der Waals surface area contributed by atoms with Crippen molar-refractivity contribution in [3.63, 3.8) is 0 Å². The van der Waals surface area contributed by atoms with Crippen LogP contribution in [-0.4, -0.2) is 50.0 Å². The van der Waals surface area contributed by atoms with Crippen LogP contribution < -0.4 is 9.62 Å². The van der Waals surface area contributed by atoms with Crippen LogP contribution in [-0.2, 0) is 32.6 Å². The molecular formula is C30H34Cl3N3O4S.